The Balaban J connectivity index is 1.93. The summed E-state index contributed by atoms with van der Waals surface area (Å²) in [6.07, 6.45) is 5.08. The van der Waals surface area contributed by atoms with Gasteiger partial charge in [0.15, 0.2) is 0 Å². The molecule has 0 saturated heterocycles. The number of para-hydroxylation sites is 1. The zero-order valence-electron chi connectivity index (χ0n) is 13.0. The van der Waals surface area contributed by atoms with Crippen molar-refractivity contribution >= 4 is 18.2 Å². The Hall–Kier alpha value is -3.08. The van der Waals surface area contributed by atoms with Gasteiger partial charge < -0.3 is 9.47 Å². The molecule has 0 spiro atoms. The second kappa shape index (κ2) is 8.38. The fourth-order valence-corrected chi connectivity index (χ4v) is 1.92. The number of allylic oxidation sites excluding steroid dienone is 1. The highest BCUT2D eigenvalue weighted by atomic mass is 16.5. The molecule has 2 aromatic rings. The quantitative estimate of drug-likeness (QED) is 0.658. The Kier molecular flexibility index (Phi) is 5.94. The lowest BCUT2D eigenvalue weighted by Gasteiger charge is -2.03. The summed E-state index contributed by atoms with van der Waals surface area (Å²) in [4.78, 5) is 11.9. The molecule has 0 radical (unpaired) electrons. The molecule has 2 rings (SSSR count). The average molecular weight is 310 g/mol. The van der Waals surface area contributed by atoms with E-state index in [1.165, 1.54) is 6.21 Å². The number of carbonyl (C=O) groups is 1. The smallest absolute Gasteiger partial charge is 0.271 e. The molecule has 0 heterocycles. The van der Waals surface area contributed by atoms with Crippen molar-refractivity contribution in [1.29, 1.82) is 0 Å². The minimum Gasteiger partial charge on any atom is -0.497 e. The third-order valence-electron chi connectivity index (χ3n) is 3.07. The van der Waals surface area contributed by atoms with Gasteiger partial charge in [-0.2, -0.15) is 5.10 Å². The lowest BCUT2D eigenvalue weighted by Crippen LogP contribution is -2.17. The zero-order valence-corrected chi connectivity index (χ0v) is 13.0. The molecule has 0 aromatic heterocycles. The molecule has 0 bridgehead atoms. The average Bonchev–Trinajstić information content (AvgIpc) is 2.61. The van der Waals surface area contributed by atoms with Crippen LogP contribution in [0.15, 0.2) is 59.7 Å². The van der Waals surface area contributed by atoms with Crippen molar-refractivity contribution in [3.05, 3.63) is 65.7 Å². The second-order valence-corrected chi connectivity index (χ2v) is 4.55. The number of methoxy groups -OCH3 is 2. The van der Waals surface area contributed by atoms with Gasteiger partial charge in [-0.25, -0.2) is 5.43 Å². The minimum atomic E-state index is -0.300. The van der Waals surface area contributed by atoms with Gasteiger partial charge in [0, 0.05) is 17.3 Å². The van der Waals surface area contributed by atoms with Crippen LogP contribution < -0.4 is 14.9 Å². The highest BCUT2D eigenvalue weighted by Crippen LogP contribution is 2.18. The van der Waals surface area contributed by atoms with Gasteiger partial charge in [-0.1, -0.05) is 24.3 Å². The topological polar surface area (TPSA) is 59.9 Å². The van der Waals surface area contributed by atoms with Crippen LogP contribution in [0.25, 0.3) is 6.08 Å². The summed E-state index contributed by atoms with van der Waals surface area (Å²) in [5, 5.41) is 3.88. The van der Waals surface area contributed by atoms with Crippen LogP contribution in [-0.2, 0) is 0 Å². The van der Waals surface area contributed by atoms with E-state index in [9.17, 15) is 4.79 Å². The lowest BCUT2D eigenvalue weighted by molar-refractivity contribution is 0.0955. The van der Waals surface area contributed by atoms with Gasteiger partial charge in [0.25, 0.3) is 5.91 Å². The molecule has 0 aliphatic heterocycles. The summed E-state index contributed by atoms with van der Waals surface area (Å²) >= 11 is 0. The molecule has 0 saturated carbocycles. The summed E-state index contributed by atoms with van der Waals surface area (Å²) in [6, 6.07) is 14.5. The van der Waals surface area contributed by atoms with E-state index in [-0.39, 0.29) is 5.91 Å². The molecule has 0 atom stereocenters. The normalized spacial score (nSPS) is 10.9. The van der Waals surface area contributed by atoms with Crippen molar-refractivity contribution in [3.63, 3.8) is 0 Å². The molecule has 23 heavy (non-hydrogen) atoms. The summed E-state index contributed by atoms with van der Waals surface area (Å²) in [5.74, 6) is 1.10. The molecule has 0 aliphatic carbocycles. The van der Waals surface area contributed by atoms with Gasteiger partial charge in [0.05, 0.1) is 14.2 Å². The third kappa shape index (κ3) is 4.71. The Morgan fingerprint density at radius 2 is 1.91 bits per heavy atom. The number of benzene rings is 2. The number of hydrazone groups is 1. The summed E-state index contributed by atoms with van der Waals surface area (Å²) < 4.78 is 10.3. The van der Waals surface area contributed by atoms with Gasteiger partial charge in [0.2, 0.25) is 0 Å². The first-order chi connectivity index (χ1) is 11.2. The number of nitrogens with zero attached hydrogens (tertiary/aromatic N) is 1. The Morgan fingerprint density at radius 3 is 2.70 bits per heavy atom. The molecule has 118 valence electrons. The van der Waals surface area contributed by atoms with E-state index in [2.05, 4.69) is 10.5 Å². The van der Waals surface area contributed by atoms with E-state index >= 15 is 0 Å². The predicted molar refractivity (Wildman–Crippen MR) is 91.0 cm³/mol. The Labute approximate surface area is 135 Å². The van der Waals surface area contributed by atoms with Crippen molar-refractivity contribution in [2.75, 3.05) is 14.2 Å². The fraction of sp³-hybridized carbons (Fsp3) is 0.111. The maximum absolute atomic E-state index is 11.9. The van der Waals surface area contributed by atoms with Crippen LogP contribution in [0, 0.1) is 0 Å². The molecule has 1 amide bonds. The molecule has 0 fully saturated rings. The number of carbonyl (C=O) groups excluding carboxylic acids is 1. The molecule has 5 heteroatoms. The molecule has 5 nitrogen and oxygen atoms in total. The first kappa shape index (κ1) is 16.3. The van der Waals surface area contributed by atoms with Crippen LogP contribution >= 0.6 is 0 Å². The van der Waals surface area contributed by atoms with Crippen LogP contribution in [0.2, 0.25) is 0 Å². The number of hydrogen-bond acceptors (Lipinski definition) is 4. The number of hydrogen-bond donors (Lipinski definition) is 1. The zero-order chi connectivity index (χ0) is 16.5. The number of amides is 1. The van der Waals surface area contributed by atoms with Crippen molar-refractivity contribution < 1.29 is 14.3 Å². The highest BCUT2D eigenvalue weighted by molar-refractivity contribution is 5.95. The first-order valence-corrected chi connectivity index (χ1v) is 7.01. The highest BCUT2D eigenvalue weighted by Gasteiger charge is 2.04. The monoisotopic (exact) mass is 310 g/mol. The van der Waals surface area contributed by atoms with Crippen molar-refractivity contribution in [3.8, 4) is 11.5 Å². The number of ether oxygens (including phenoxy) is 2. The largest absolute Gasteiger partial charge is 0.497 e. The van der Waals surface area contributed by atoms with Gasteiger partial charge >= 0.3 is 0 Å². The maximum atomic E-state index is 11.9. The van der Waals surface area contributed by atoms with E-state index in [0.717, 1.165) is 11.3 Å². The van der Waals surface area contributed by atoms with Crippen molar-refractivity contribution in [1.82, 2.24) is 5.43 Å². The van der Waals surface area contributed by atoms with Gasteiger partial charge in [0.1, 0.15) is 11.5 Å². The van der Waals surface area contributed by atoms with E-state index in [0.29, 0.717) is 11.3 Å². The molecule has 2 aromatic carbocycles. The summed E-state index contributed by atoms with van der Waals surface area (Å²) in [5.41, 5.74) is 3.87. The SMILES string of the molecule is COc1cccc(C(=O)N/N=C/C=C/c2ccccc2OC)c1. The lowest BCUT2D eigenvalue weighted by atomic mass is 10.2. The third-order valence-corrected chi connectivity index (χ3v) is 3.07. The van der Waals surface area contributed by atoms with Crippen LogP contribution in [0.1, 0.15) is 15.9 Å². The van der Waals surface area contributed by atoms with E-state index < -0.39 is 0 Å². The van der Waals surface area contributed by atoms with Gasteiger partial charge in [-0.05, 0) is 36.4 Å². The second-order valence-electron chi connectivity index (χ2n) is 4.55. The first-order valence-electron chi connectivity index (χ1n) is 7.01. The van der Waals surface area contributed by atoms with Crippen LogP contribution in [0.3, 0.4) is 0 Å². The molecule has 0 unspecified atom stereocenters. The standard InChI is InChI=1S/C18H18N2O3/c1-22-16-10-5-8-15(13-16)18(21)20-19-12-6-9-14-7-3-4-11-17(14)23-2/h3-13H,1-2H3,(H,20,21)/b9-6+,19-12+. The predicted octanol–water partition coefficient (Wildman–Crippen LogP) is 3.13. The molecule has 1 N–H and O–H groups in total. The van der Waals surface area contributed by atoms with Crippen LogP contribution in [0.5, 0.6) is 11.5 Å². The summed E-state index contributed by atoms with van der Waals surface area (Å²) in [6.45, 7) is 0. The van der Waals surface area contributed by atoms with Crippen molar-refractivity contribution in [2.45, 2.75) is 0 Å². The van der Waals surface area contributed by atoms with Crippen LogP contribution in [0.4, 0.5) is 0 Å². The Bertz CT molecular complexity index is 724. The van der Waals surface area contributed by atoms with Crippen molar-refractivity contribution in [2.24, 2.45) is 5.10 Å². The van der Waals surface area contributed by atoms with E-state index in [4.69, 9.17) is 9.47 Å². The van der Waals surface area contributed by atoms with Gasteiger partial charge in [-0.3, -0.25) is 4.79 Å². The molecular formula is C18H18N2O3. The fourth-order valence-electron chi connectivity index (χ4n) is 1.92. The number of rotatable bonds is 6. The molecular weight excluding hydrogens is 292 g/mol. The van der Waals surface area contributed by atoms with Gasteiger partial charge in [-0.15, -0.1) is 0 Å². The maximum Gasteiger partial charge on any atom is 0.271 e. The van der Waals surface area contributed by atoms with Crippen LogP contribution in [-0.4, -0.2) is 26.3 Å². The van der Waals surface area contributed by atoms with E-state index in [1.807, 2.05) is 30.3 Å². The number of nitrogens with one attached hydrogen (secondary N) is 1. The Morgan fingerprint density at radius 1 is 1.09 bits per heavy atom. The molecule has 0 aliphatic rings. The van der Waals surface area contributed by atoms with E-state index in [1.54, 1.807) is 44.6 Å². The summed E-state index contributed by atoms with van der Waals surface area (Å²) in [7, 11) is 3.17. The minimum absolute atomic E-state index is 0.300.